The van der Waals surface area contributed by atoms with Crippen molar-refractivity contribution >= 4 is 5.97 Å². The van der Waals surface area contributed by atoms with Gasteiger partial charge < -0.3 is 10.5 Å². The zero-order valence-corrected chi connectivity index (χ0v) is 11.6. The molecule has 0 saturated heterocycles. The Kier molecular flexibility index (Phi) is 5.16. The van der Waals surface area contributed by atoms with Crippen LogP contribution in [0.15, 0.2) is 24.3 Å². The molecule has 0 saturated carbocycles. The molecule has 112 valence electrons. The molecule has 0 fully saturated rings. The van der Waals surface area contributed by atoms with Gasteiger partial charge in [-0.15, -0.1) is 0 Å². The standard InChI is InChI=1S/C14H18F3NO2/c1-8(10(3)20-13(19)9(2)18)11-6-4-5-7-12(11)14(15,16)17/h4-10H,18H2,1-3H3/t8-,9-,10+/m0/s1. The number of esters is 1. The molecule has 0 spiro atoms. The first-order chi connectivity index (χ1) is 9.14. The van der Waals surface area contributed by atoms with Gasteiger partial charge in [0.05, 0.1) is 5.56 Å². The lowest BCUT2D eigenvalue weighted by Crippen LogP contribution is -2.33. The van der Waals surface area contributed by atoms with Crippen LogP contribution in [0.25, 0.3) is 0 Å². The minimum Gasteiger partial charge on any atom is -0.461 e. The van der Waals surface area contributed by atoms with E-state index in [1.165, 1.54) is 25.1 Å². The Bertz CT molecular complexity index is 472. The number of benzene rings is 1. The molecule has 0 aliphatic carbocycles. The first-order valence-electron chi connectivity index (χ1n) is 6.26. The van der Waals surface area contributed by atoms with Crippen LogP contribution in [-0.2, 0) is 15.7 Å². The minimum absolute atomic E-state index is 0.102. The smallest absolute Gasteiger partial charge is 0.416 e. The third-order valence-electron chi connectivity index (χ3n) is 3.13. The summed E-state index contributed by atoms with van der Waals surface area (Å²) in [6.07, 6.45) is -5.13. The van der Waals surface area contributed by atoms with Crippen LogP contribution in [0.1, 0.15) is 37.8 Å². The molecule has 0 aliphatic heterocycles. The number of rotatable bonds is 4. The molecule has 0 bridgehead atoms. The number of hydrogen-bond acceptors (Lipinski definition) is 3. The molecule has 0 aromatic heterocycles. The van der Waals surface area contributed by atoms with E-state index < -0.39 is 35.8 Å². The second kappa shape index (κ2) is 6.26. The van der Waals surface area contributed by atoms with E-state index in [1.54, 1.807) is 13.8 Å². The van der Waals surface area contributed by atoms with Crippen LogP contribution in [0.4, 0.5) is 13.2 Å². The molecule has 2 N–H and O–H groups in total. The summed E-state index contributed by atoms with van der Waals surface area (Å²) in [6, 6.07) is 4.47. The highest BCUT2D eigenvalue weighted by atomic mass is 19.4. The van der Waals surface area contributed by atoms with Gasteiger partial charge in [0.15, 0.2) is 0 Å². The number of hydrogen-bond donors (Lipinski definition) is 1. The maximum atomic E-state index is 12.9. The van der Waals surface area contributed by atoms with E-state index in [4.69, 9.17) is 10.5 Å². The van der Waals surface area contributed by atoms with Crippen LogP contribution in [0, 0.1) is 0 Å². The highest BCUT2D eigenvalue weighted by molar-refractivity contribution is 5.75. The summed E-state index contributed by atoms with van der Waals surface area (Å²) in [4.78, 5) is 11.4. The second-order valence-electron chi connectivity index (χ2n) is 4.80. The van der Waals surface area contributed by atoms with E-state index in [0.717, 1.165) is 6.07 Å². The Hall–Kier alpha value is -1.56. The van der Waals surface area contributed by atoms with Crippen LogP contribution in [0.2, 0.25) is 0 Å². The van der Waals surface area contributed by atoms with Gasteiger partial charge in [-0.1, -0.05) is 25.1 Å². The zero-order valence-electron chi connectivity index (χ0n) is 11.6. The molecule has 0 aliphatic rings. The average Bonchev–Trinajstić information content (AvgIpc) is 2.36. The molecule has 6 heteroatoms. The molecule has 3 atom stereocenters. The lowest BCUT2D eigenvalue weighted by atomic mass is 9.91. The minimum atomic E-state index is -4.43. The van der Waals surface area contributed by atoms with Gasteiger partial charge >= 0.3 is 12.1 Å². The molecule has 0 heterocycles. The fourth-order valence-corrected chi connectivity index (χ4v) is 1.80. The summed E-state index contributed by atoms with van der Waals surface area (Å²) in [5, 5.41) is 0. The molecular formula is C14H18F3NO2. The van der Waals surface area contributed by atoms with Crippen molar-refractivity contribution in [1.29, 1.82) is 0 Å². The van der Waals surface area contributed by atoms with Crippen LogP contribution >= 0.6 is 0 Å². The quantitative estimate of drug-likeness (QED) is 0.867. The Morgan fingerprint density at radius 3 is 2.25 bits per heavy atom. The number of halogens is 3. The summed E-state index contributed by atoms with van der Waals surface area (Å²) < 4.78 is 43.9. The van der Waals surface area contributed by atoms with Gasteiger partial charge in [-0.2, -0.15) is 13.2 Å². The van der Waals surface area contributed by atoms with Crippen molar-refractivity contribution in [3.05, 3.63) is 35.4 Å². The van der Waals surface area contributed by atoms with Crippen molar-refractivity contribution < 1.29 is 22.7 Å². The zero-order chi connectivity index (χ0) is 15.5. The average molecular weight is 289 g/mol. The number of ether oxygens (including phenoxy) is 1. The SMILES string of the molecule is C[C@H](N)C(=O)O[C@H](C)[C@H](C)c1ccccc1C(F)(F)F. The molecule has 1 aromatic carbocycles. The first-order valence-corrected chi connectivity index (χ1v) is 6.26. The van der Waals surface area contributed by atoms with Gasteiger partial charge in [0, 0.05) is 5.92 Å². The Labute approximate surface area is 115 Å². The fraction of sp³-hybridized carbons (Fsp3) is 0.500. The van der Waals surface area contributed by atoms with Crippen molar-refractivity contribution in [2.75, 3.05) is 0 Å². The van der Waals surface area contributed by atoms with E-state index in [-0.39, 0.29) is 5.56 Å². The Balaban J connectivity index is 2.98. The Morgan fingerprint density at radius 2 is 1.75 bits per heavy atom. The van der Waals surface area contributed by atoms with Gasteiger partial charge in [-0.3, -0.25) is 4.79 Å². The lowest BCUT2D eigenvalue weighted by Gasteiger charge is -2.24. The summed E-state index contributed by atoms with van der Waals surface area (Å²) >= 11 is 0. The summed E-state index contributed by atoms with van der Waals surface area (Å²) in [7, 11) is 0. The van der Waals surface area contributed by atoms with Gasteiger partial charge in [0.2, 0.25) is 0 Å². The molecule has 0 amide bonds. The number of alkyl halides is 3. The van der Waals surface area contributed by atoms with E-state index in [9.17, 15) is 18.0 Å². The van der Waals surface area contributed by atoms with E-state index in [2.05, 4.69) is 0 Å². The maximum Gasteiger partial charge on any atom is 0.416 e. The Morgan fingerprint density at radius 1 is 1.20 bits per heavy atom. The van der Waals surface area contributed by atoms with Gasteiger partial charge in [-0.05, 0) is 25.5 Å². The monoisotopic (exact) mass is 289 g/mol. The van der Waals surface area contributed by atoms with E-state index in [0.29, 0.717) is 0 Å². The summed E-state index contributed by atoms with van der Waals surface area (Å²) in [5.74, 6) is -1.22. The predicted octanol–water partition coefficient (Wildman–Crippen LogP) is 3.09. The number of nitrogens with two attached hydrogens (primary N) is 1. The molecule has 1 rings (SSSR count). The molecule has 0 unspecified atom stereocenters. The van der Waals surface area contributed by atoms with Crippen LogP contribution in [-0.4, -0.2) is 18.1 Å². The number of carbonyl (C=O) groups is 1. The lowest BCUT2D eigenvalue weighted by molar-refractivity contribution is -0.150. The fourth-order valence-electron chi connectivity index (χ4n) is 1.80. The van der Waals surface area contributed by atoms with Crippen LogP contribution in [0.3, 0.4) is 0 Å². The van der Waals surface area contributed by atoms with Crippen LogP contribution in [0.5, 0.6) is 0 Å². The topological polar surface area (TPSA) is 52.3 Å². The van der Waals surface area contributed by atoms with Crippen LogP contribution < -0.4 is 5.73 Å². The van der Waals surface area contributed by atoms with Crippen molar-refractivity contribution in [3.8, 4) is 0 Å². The largest absolute Gasteiger partial charge is 0.461 e. The molecule has 3 nitrogen and oxygen atoms in total. The van der Waals surface area contributed by atoms with E-state index >= 15 is 0 Å². The third kappa shape index (κ3) is 3.96. The third-order valence-corrected chi connectivity index (χ3v) is 3.13. The van der Waals surface area contributed by atoms with E-state index in [1.807, 2.05) is 0 Å². The molecule has 0 radical (unpaired) electrons. The first kappa shape index (κ1) is 16.5. The predicted molar refractivity (Wildman–Crippen MR) is 69.1 cm³/mol. The normalized spacial score (nSPS) is 16.4. The maximum absolute atomic E-state index is 12.9. The van der Waals surface area contributed by atoms with Crippen molar-refractivity contribution in [2.24, 2.45) is 5.73 Å². The molecular weight excluding hydrogens is 271 g/mol. The van der Waals surface area contributed by atoms with Gasteiger partial charge in [0.25, 0.3) is 0 Å². The molecule has 20 heavy (non-hydrogen) atoms. The summed E-state index contributed by atoms with van der Waals surface area (Å²) in [5.41, 5.74) is 4.76. The highest BCUT2D eigenvalue weighted by Crippen LogP contribution is 2.36. The van der Waals surface area contributed by atoms with Gasteiger partial charge in [-0.25, -0.2) is 0 Å². The molecule has 1 aromatic rings. The van der Waals surface area contributed by atoms with Crippen molar-refractivity contribution in [2.45, 2.75) is 45.0 Å². The highest BCUT2D eigenvalue weighted by Gasteiger charge is 2.35. The number of carbonyl (C=O) groups excluding carboxylic acids is 1. The van der Waals surface area contributed by atoms with Crippen molar-refractivity contribution in [1.82, 2.24) is 0 Å². The van der Waals surface area contributed by atoms with Crippen molar-refractivity contribution in [3.63, 3.8) is 0 Å². The second-order valence-corrected chi connectivity index (χ2v) is 4.80. The summed E-state index contributed by atoms with van der Waals surface area (Å²) in [6.45, 7) is 4.60. The van der Waals surface area contributed by atoms with Gasteiger partial charge in [0.1, 0.15) is 12.1 Å².